The first-order valence-corrected chi connectivity index (χ1v) is 16.7. The summed E-state index contributed by atoms with van der Waals surface area (Å²) < 4.78 is 39.4. The van der Waals surface area contributed by atoms with Crippen LogP contribution in [0.5, 0.6) is 28.7 Å². The predicted molar refractivity (Wildman–Crippen MR) is 185 cm³/mol. The smallest absolute Gasteiger partial charge is 0.330 e. The summed E-state index contributed by atoms with van der Waals surface area (Å²) in [6, 6.07) is 13.3. The first kappa shape index (κ1) is 39.4. The van der Waals surface area contributed by atoms with Crippen LogP contribution in [-0.4, -0.2) is 134 Å². The van der Waals surface area contributed by atoms with Crippen LogP contribution in [0.15, 0.2) is 76.0 Å². The van der Waals surface area contributed by atoms with Gasteiger partial charge < -0.3 is 78.8 Å². The number of ether oxygens (including phenoxy) is 6. The molecule has 10 atom stereocenters. The Morgan fingerprint density at radius 3 is 2.04 bits per heavy atom. The third kappa shape index (κ3) is 8.52. The Kier molecular flexibility index (Phi) is 11.9. The molecule has 55 heavy (non-hydrogen) atoms. The van der Waals surface area contributed by atoms with E-state index in [9.17, 15) is 55.5 Å². The highest BCUT2D eigenvalue weighted by Gasteiger charge is 2.47. The number of hydrogen-bond acceptors (Lipinski definition) is 18. The Bertz CT molecular complexity index is 2010. The van der Waals surface area contributed by atoms with Crippen LogP contribution >= 0.6 is 0 Å². The summed E-state index contributed by atoms with van der Waals surface area (Å²) in [5.41, 5.74) is 0.172. The lowest BCUT2D eigenvalue weighted by Gasteiger charge is -2.40. The molecule has 0 saturated carbocycles. The van der Waals surface area contributed by atoms with Gasteiger partial charge in [-0.1, -0.05) is 6.07 Å². The average Bonchev–Trinajstić information content (AvgIpc) is 3.17. The van der Waals surface area contributed by atoms with Crippen LogP contribution in [0, 0.1) is 0 Å². The molecule has 2 fully saturated rings. The third-order valence-electron chi connectivity index (χ3n) is 8.93. The first-order valence-electron chi connectivity index (χ1n) is 16.7. The molecular weight excluding hydrogens is 732 g/mol. The largest absolute Gasteiger partial charge is 0.508 e. The van der Waals surface area contributed by atoms with E-state index in [1.54, 1.807) is 0 Å². The number of phenolic OH excluding ortho intramolecular Hbond substituents is 2. The number of fused-ring (bicyclic) bond motifs is 1. The van der Waals surface area contributed by atoms with E-state index in [2.05, 4.69) is 0 Å². The summed E-state index contributed by atoms with van der Waals surface area (Å²) in [6.07, 6.45) is -14.6. The van der Waals surface area contributed by atoms with Crippen molar-refractivity contribution in [3.63, 3.8) is 0 Å². The number of benzene rings is 3. The van der Waals surface area contributed by atoms with Crippen molar-refractivity contribution in [2.24, 2.45) is 0 Å². The molecule has 6 rings (SSSR count). The van der Waals surface area contributed by atoms with E-state index < -0.39 is 86.0 Å². The second kappa shape index (κ2) is 16.6. The van der Waals surface area contributed by atoms with Crippen LogP contribution in [0.3, 0.4) is 0 Å². The summed E-state index contributed by atoms with van der Waals surface area (Å²) >= 11 is 0. The van der Waals surface area contributed by atoms with E-state index in [4.69, 9.17) is 32.8 Å². The topological polar surface area (TPSA) is 285 Å². The number of aliphatic hydroxyl groups excluding tert-OH is 7. The zero-order valence-corrected chi connectivity index (χ0v) is 28.8. The maximum atomic E-state index is 12.8. The number of methoxy groups -OCH3 is 1. The van der Waals surface area contributed by atoms with Crippen molar-refractivity contribution in [3.05, 3.63) is 82.5 Å². The molecule has 18 heteroatoms. The molecule has 1 aliphatic carbocycles. The van der Waals surface area contributed by atoms with Crippen LogP contribution in [0.1, 0.15) is 5.56 Å². The number of hydrogen-bond donors (Lipinski definition) is 9. The highest BCUT2D eigenvalue weighted by molar-refractivity contribution is 5.87. The standard InChI is InChI=1S/C37H38O18/c1-49-24-10-16(2-8-21(24)41)3-9-28(42)50-15-27-30(44)32(46)34(48)37(55-27)53-25-13-20-22(51-35(25)17-4-6-18(39)7-5-17)11-19(40)12-23(20)52-36-33(47)31(45)29(43)26(14-38)54-36/h2-13,26-27,29-34,36-39,41,43-48H,14-15H2,1H3/t26-,27-,29-,30-,31+,32+,33-,34-,36-,37-/m1/s1. The molecular formula is C37H38O18. The minimum absolute atomic E-state index is 0.0171. The van der Waals surface area contributed by atoms with Crippen molar-refractivity contribution in [2.75, 3.05) is 20.3 Å². The van der Waals surface area contributed by atoms with Crippen LogP contribution in [0.25, 0.3) is 28.7 Å². The van der Waals surface area contributed by atoms with E-state index >= 15 is 0 Å². The van der Waals surface area contributed by atoms with Gasteiger partial charge in [0.2, 0.25) is 12.6 Å². The molecule has 0 amide bonds. The number of esters is 1. The van der Waals surface area contributed by atoms with Gasteiger partial charge in [-0.3, -0.25) is 4.79 Å². The first-order chi connectivity index (χ1) is 26.3. The molecule has 0 unspecified atom stereocenters. The van der Waals surface area contributed by atoms with Crippen LogP contribution in [-0.2, 0) is 19.0 Å². The fraction of sp³-hybridized carbons (Fsp3) is 0.351. The zero-order chi connectivity index (χ0) is 39.6. The maximum absolute atomic E-state index is 12.8. The van der Waals surface area contributed by atoms with Gasteiger partial charge in [0.05, 0.1) is 19.3 Å². The van der Waals surface area contributed by atoms with Gasteiger partial charge in [-0.05, 0) is 54.1 Å². The summed E-state index contributed by atoms with van der Waals surface area (Å²) in [7, 11) is 1.36. The minimum Gasteiger partial charge on any atom is -0.508 e. The molecule has 0 aromatic heterocycles. The van der Waals surface area contributed by atoms with Gasteiger partial charge in [-0.2, -0.15) is 0 Å². The minimum atomic E-state index is -1.89. The Balaban J connectivity index is 1.28. The predicted octanol–water partition coefficient (Wildman–Crippen LogP) is -0.547. The number of aliphatic hydroxyl groups is 7. The zero-order valence-electron chi connectivity index (χ0n) is 28.8. The van der Waals surface area contributed by atoms with Gasteiger partial charge in [0, 0.05) is 23.8 Å². The third-order valence-corrected chi connectivity index (χ3v) is 8.93. The summed E-state index contributed by atoms with van der Waals surface area (Å²) in [4.78, 5) is 25.3. The SMILES string of the molecule is COc1cc(C=CC(=O)OC[C@H]2O[C@@H](Oc3cc4c(O[C@@H]5O[C@H](CO)[C@@H](O)[C@H](O)[C@H]5O)cc(=O)cc-4oc3-c3ccc(O)cc3)[C@H](O)[C@@H](O)[C@@H]2O)ccc1O. The number of aromatic hydroxyl groups is 2. The van der Waals surface area contributed by atoms with Gasteiger partial charge >= 0.3 is 5.97 Å². The quantitative estimate of drug-likeness (QED) is 0.0683. The van der Waals surface area contributed by atoms with E-state index in [0.29, 0.717) is 5.56 Å². The van der Waals surface area contributed by atoms with Gasteiger partial charge in [0.25, 0.3) is 0 Å². The highest BCUT2D eigenvalue weighted by atomic mass is 16.7. The van der Waals surface area contributed by atoms with E-state index in [-0.39, 0.29) is 51.4 Å². The lowest BCUT2D eigenvalue weighted by Crippen LogP contribution is -2.60. The highest BCUT2D eigenvalue weighted by Crippen LogP contribution is 2.43. The summed E-state index contributed by atoms with van der Waals surface area (Å²) in [5, 5.41) is 92.7. The summed E-state index contributed by atoms with van der Waals surface area (Å²) in [6.45, 7) is -1.35. The molecule has 4 aliphatic rings. The van der Waals surface area contributed by atoms with Crippen LogP contribution in [0.4, 0.5) is 0 Å². The monoisotopic (exact) mass is 770 g/mol. The van der Waals surface area contributed by atoms with Crippen molar-refractivity contribution < 1.29 is 83.6 Å². The molecule has 2 saturated heterocycles. The van der Waals surface area contributed by atoms with E-state index in [1.807, 2.05) is 0 Å². The number of phenols is 2. The molecule has 0 radical (unpaired) electrons. The molecule has 9 N–H and O–H groups in total. The molecule has 2 aromatic rings. The lowest BCUT2D eigenvalue weighted by molar-refractivity contribution is -0.278. The second-order valence-corrected chi connectivity index (χ2v) is 12.7. The average molecular weight is 771 g/mol. The van der Waals surface area contributed by atoms with Crippen molar-refractivity contribution in [2.45, 2.75) is 61.4 Å². The molecule has 0 bridgehead atoms. The fourth-order valence-electron chi connectivity index (χ4n) is 5.90. The Labute approximate surface area is 311 Å². The molecule has 294 valence electrons. The van der Waals surface area contributed by atoms with E-state index in [1.165, 1.54) is 61.7 Å². The van der Waals surface area contributed by atoms with Crippen molar-refractivity contribution in [1.29, 1.82) is 0 Å². The van der Waals surface area contributed by atoms with E-state index in [0.717, 1.165) is 18.2 Å². The van der Waals surface area contributed by atoms with Crippen LogP contribution in [0.2, 0.25) is 0 Å². The van der Waals surface area contributed by atoms with Gasteiger partial charge in [0.15, 0.2) is 28.4 Å². The Hall–Kier alpha value is -5.28. The van der Waals surface area contributed by atoms with Gasteiger partial charge in [-0.15, -0.1) is 0 Å². The molecule has 18 nitrogen and oxygen atoms in total. The van der Waals surface area contributed by atoms with Crippen molar-refractivity contribution in [1.82, 2.24) is 0 Å². The molecule has 2 aromatic carbocycles. The Morgan fingerprint density at radius 1 is 0.745 bits per heavy atom. The van der Waals surface area contributed by atoms with Crippen molar-refractivity contribution >= 4 is 12.0 Å². The molecule has 3 heterocycles. The molecule has 3 aliphatic heterocycles. The lowest BCUT2D eigenvalue weighted by atomic mass is 9.99. The molecule has 0 spiro atoms. The number of rotatable bonds is 11. The maximum Gasteiger partial charge on any atom is 0.330 e. The normalized spacial score (nSPS) is 28.2. The number of carbonyl (C=O) groups excluding carboxylic acids is 1. The van der Waals surface area contributed by atoms with Crippen LogP contribution < -0.4 is 19.6 Å². The van der Waals surface area contributed by atoms with Crippen molar-refractivity contribution in [3.8, 4) is 51.4 Å². The number of carbonyl (C=O) groups is 1. The van der Waals surface area contributed by atoms with Gasteiger partial charge in [0.1, 0.15) is 72.7 Å². The fourth-order valence-corrected chi connectivity index (χ4v) is 5.90. The second-order valence-electron chi connectivity index (χ2n) is 12.7. The summed E-state index contributed by atoms with van der Waals surface area (Å²) in [5.74, 6) is -1.52. The van der Waals surface area contributed by atoms with Gasteiger partial charge in [-0.25, -0.2) is 4.79 Å². The Morgan fingerprint density at radius 2 is 1.38 bits per heavy atom.